The second-order valence-corrected chi connectivity index (χ2v) is 2.98. The van der Waals surface area contributed by atoms with Gasteiger partial charge >= 0.3 is 0 Å². The van der Waals surface area contributed by atoms with E-state index in [0.717, 1.165) is 0 Å². The molecule has 0 aromatic heterocycles. The summed E-state index contributed by atoms with van der Waals surface area (Å²) in [5.74, 6) is 0.200. The van der Waals surface area contributed by atoms with Crippen molar-refractivity contribution >= 4 is 11.6 Å². The molecule has 0 aliphatic carbocycles. The van der Waals surface area contributed by atoms with Crippen molar-refractivity contribution in [1.82, 2.24) is 0 Å². The fraction of sp³-hybridized carbons (Fsp3) is 0.273. The molecular weight excluding hydrogens is 208 g/mol. The van der Waals surface area contributed by atoms with Gasteiger partial charge in [0.25, 0.3) is 0 Å². The summed E-state index contributed by atoms with van der Waals surface area (Å²) in [4.78, 5) is 11.1. The van der Waals surface area contributed by atoms with Crippen LogP contribution in [-0.4, -0.2) is 24.2 Å². The third-order valence-electron chi connectivity index (χ3n) is 1.72. The third kappa shape index (κ3) is 3.98. The molecule has 0 saturated carbocycles. The molecule has 2 N–H and O–H groups in total. The Bertz CT molecular complexity index is 398. The Morgan fingerprint density at radius 3 is 3.06 bits per heavy atom. The van der Waals surface area contributed by atoms with Crippen molar-refractivity contribution in [3.63, 3.8) is 0 Å². The predicted molar refractivity (Wildman–Crippen MR) is 57.9 cm³/mol. The molecule has 0 saturated heterocycles. The monoisotopic (exact) mass is 220 g/mol. The molecule has 5 nitrogen and oxygen atoms in total. The average molecular weight is 220 g/mol. The number of nitrogens with zero attached hydrogens (tertiary/aromatic N) is 1. The number of nitrogens with one attached hydrogen (secondary N) is 1. The molecule has 1 aromatic carbocycles. The molecule has 84 valence electrons. The number of hydrogen-bond donors (Lipinski definition) is 2. The average Bonchev–Trinajstić information content (AvgIpc) is 2.27. The molecule has 0 aliphatic heterocycles. The smallest absolute Gasteiger partial charge is 0.238 e. The maximum atomic E-state index is 11.1. The van der Waals surface area contributed by atoms with Crippen LogP contribution in [-0.2, 0) is 4.79 Å². The van der Waals surface area contributed by atoms with Crippen LogP contribution in [0.3, 0.4) is 0 Å². The molecule has 0 unspecified atom stereocenters. The molecule has 0 radical (unpaired) electrons. The van der Waals surface area contributed by atoms with Crippen molar-refractivity contribution in [2.45, 2.75) is 6.42 Å². The van der Waals surface area contributed by atoms with E-state index in [9.17, 15) is 4.79 Å². The van der Waals surface area contributed by atoms with Gasteiger partial charge in [-0.1, -0.05) is 6.07 Å². The molecule has 1 aromatic rings. The number of amides is 1. The molecule has 16 heavy (non-hydrogen) atoms. The van der Waals surface area contributed by atoms with E-state index in [-0.39, 0.29) is 25.5 Å². The molecule has 0 bridgehead atoms. The van der Waals surface area contributed by atoms with Crippen LogP contribution in [0.25, 0.3) is 0 Å². The minimum atomic E-state index is -0.359. The molecule has 0 heterocycles. The van der Waals surface area contributed by atoms with Crippen molar-refractivity contribution in [2.24, 2.45) is 0 Å². The molecule has 5 heteroatoms. The predicted octanol–water partition coefficient (Wildman–Crippen LogP) is 0.910. The summed E-state index contributed by atoms with van der Waals surface area (Å²) < 4.78 is 5.17. The van der Waals surface area contributed by atoms with Crippen LogP contribution in [0.2, 0.25) is 0 Å². The van der Waals surface area contributed by atoms with Gasteiger partial charge in [-0.3, -0.25) is 4.79 Å². The van der Waals surface area contributed by atoms with Crippen LogP contribution in [0.1, 0.15) is 6.42 Å². The van der Waals surface area contributed by atoms with Crippen LogP contribution in [0.15, 0.2) is 24.3 Å². The largest absolute Gasteiger partial charge is 0.491 e. The van der Waals surface area contributed by atoms with Crippen LogP contribution in [0.5, 0.6) is 5.75 Å². The number of ether oxygens (including phenoxy) is 1. The minimum Gasteiger partial charge on any atom is -0.491 e. The van der Waals surface area contributed by atoms with Gasteiger partial charge in [-0.15, -0.1) is 0 Å². The Morgan fingerprint density at radius 1 is 1.56 bits per heavy atom. The Balaban J connectivity index is 2.60. The number of anilines is 1. The van der Waals surface area contributed by atoms with Gasteiger partial charge in [0.2, 0.25) is 5.91 Å². The molecular formula is C11H12N2O3. The maximum Gasteiger partial charge on any atom is 0.238 e. The zero-order chi connectivity index (χ0) is 11.8. The minimum absolute atomic E-state index is 0.0645. The Hall–Kier alpha value is -2.06. The number of aliphatic hydroxyl groups is 1. The standard InChI is InChI=1S/C11H12N2O3/c12-5-4-11(15)13-9-2-1-3-10(8-9)16-7-6-14/h1-3,8,14H,4,6-7H2,(H,13,15). The first kappa shape index (κ1) is 12.0. The molecule has 0 atom stereocenters. The summed E-state index contributed by atoms with van der Waals surface area (Å²) in [5.41, 5.74) is 0.565. The number of carbonyl (C=O) groups is 1. The van der Waals surface area contributed by atoms with Crippen molar-refractivity contribution in [1.29, 1.82) is 5.26 Å². The number of hydrogen-bond acceptors (Lipinski definition) is 4. The number of aliphatic hydroxyl groups excluding tert-OH is 1. The number of benzene rings is 1. The van der Waals surface area contributed by atoms with Gasteiger partial charge in [0, 0.05) is 11.8 Å². The second kappa shape index (κ2) is 6.43. The molecule has 1 rings (SSSR count). The van der Waals surface area contributed by atoms with Crippen LogP contribution < -0.4 is 10.1 Å². The highest BCUT2D eigenvalue weighted by atomic mass is 16.5. The number of nitriles is 1. The van der Waals surface area contributed by atoms with Crippen molar-refractivity contribution in [3.8, 4) is 11.8 Å². The van der Waals surface area contributed by atoms with E-state index in [4.69, 9.17) is 15.1 Å². The summed E-state index contributed by atoms with van der Waals surface area (Å²) in [7, 11) is 0. The lowest BCUT2D eigenvalue weighted by molar-refractivity contribution is -0.115. The molecule has 1 amide bonds. The zero-order valence-corrected chi connectivity index (χ0v) is 8.64. The van der Waals surface area contributed by atoms with Gasteiger partial charge in [-0.2, -0.15) is 5.26 Å². The Kier molecular flexibility index (Phi) is 4.83. The summed E-state index contributed by atoms with van der Waals surface area (Å²) in [6, 6.07) is 8.52. The summed E-state index contributed by atoms with van der Waals surface area (Å²) in [6.45, 7) is 0.139. The van der Waals surface area contributed by atoms with Gasteiger partial charge in [0.15, 0.2) is 0 Å². The summed E-state index contributed by atoms with van der Waals surface area (Å²) >= 11 is 0. The zero-order valence-electron chi connectivity index (χ0n) is 8.64. The van der Waals surface area contributed by atoms with Gasteiger partial charge < -0.3 is 15.2 Å². The summed E-state index contributed by atoms with van der Waals surface area (Å²) in [5, 5.41) is 19.5. The lowest BCUT2D eigenvalue weighted by Gasteiger charge is -2.07. The molecule has 0 spiro atoms. The lowest BCUT2D eigenvalue weighted by atomic mass is 10.3. The van der Waals surface area contributed by atoms with Crippen molar-refractivity contribution < 1.29 is 14.6 Å². The van der Waals surface area contributed by atoms with Crippen LogP contribution >= 0.6 is 0 Å². The van der Waals surface area contributed by atoms with E-state index in [1.807, 2.05) is 0 Å². The fourth-order valence-electron chi connectivity index (χ4n) is 1.10. The van der Waals surface area contributed by atoms with Gasteiger partial charge in [-0.25, -0.2) is 0 Å². The van der Waals surface area contributed by atoms with Crippen LogP contribution in [0.4, 0.5) is 5.69 Å². The highest BCUT2D eigenvalue weighted by molar-refractivity contribution is 5.92. The fourth-order valence-corrected chi connectivity index (χ4v) is 1.10. The van der Waals surface area contributed by atoms with Gasteiger partial charge in [0.05, 0.1) is 12.7 Å². The molecule has 0 fully saturated rings. The second-order valence-electron chi connectivity index (χ2n) is 2.98. The van der Waals surface area contributed by atoms with E-state index in [2.05, 4.69) is 5.32 Å². The van der Waals surface area contributed by atoms with E-state index < -0.39 is 0 Å². The van der Waals surface area contributed by atoms with Gasteiger partial charge in [-0.05, 0) is 12.1 Å². The first-order chi connectivity index (χ1) is 7.76. The lowest BCUT2D eigenvalue weighted by Crippen LogP contribution is -2.10. The van der Waals surface area contributed by atoms with Crippen LogP contribution in [0, 0.1) is 11.3 Å². The SMILES string of the molecule is N#CCC(=O)Nc1cccc(OCCO)c1. The normalized spacial score (nSPS) is 9.25. The number of carbonyl (C=O) groups excluding carboxylic acids is 1. The van der Waals surface area contributed by atoms with E-state index in [0.29, 0.717) is 11.4 Å². The van der Waals surface area contributed by atoms with Crippen molar-refractivity contribution in [2.75, 3.05) is 18.5 Å². The first-order valence-corrected chi connectivity index (χ1v) is 4.77. The van der Waals surface area contributed by atoms with E-state index >= 15 is 0 Å². The highest BCUT2D eigenvalue weighted by Crippen LogP contribution is 2.17. The number of rotatable bonds is 5. The Labute approximate surface area is 93.3 Å². The van der Waals surface area contributed by atoms with E-state index in [1.165, 1.54) is 0 Å². The first-order valence-electron chi connectivity index (χ1n) is 4.77. The quantitative estimate of drug-likeness (QED) is 0.772. The summed E-state index contributed by atoms with van der Waals surface area (Å²) in [6.07, 6.45) is -0.179. The maximum absolute atomic E-state index is 11.1. The highest BCUT2D eigenvalue weighted by Gasteiger charge is 2.02. The molecule has 0 aliphatic rings. The van der Waals surface area contributed by atoms with Gasteiger partial charge in [0.1, 0.15) is 18.8 Å². The van der Waals surface area contributed by atoms with E-state index in [1.54, 1.807) is 30.3 Å². The van der Waals surface area contributed by atoms with Crippen molar-refractivity contribution in [3.05, 3.63) is 24.3 Å². The third-order valence-corrected chi connectivity index (χ3v) is 1.72. The Morgan fingerprint density at radius 2 is 2.38 bits per heavy atom. The topological polar surface area (TPSA) is 82.4 Å².